The van der Waals surface area contributed by atoms with Gasteiger partial charge in [-0.3, -0.25) is 14.7 Å². The van der Waals surface area contributed by atoms with Crippen LogP contribution in [0.15, 0.2) is 42.9 Å². The van der Waals surface area contributed by atoms with Crippen molar-refractivity contribution in [1.82, 2.24) is 19.8 Å². The average Bonchev–Trinajstić information content (AvgIpc) is 2.86. The Morgan fingerprint density at radius 1 is 1.29 bits per heavy atom. The first kappa shape index (κ1) is 24.4. The second-order valence-electron chi connectivity index (χ2n) is 9.73. The molecule has 3 atom stereocenters. The van der Waals surface area contributed by atoms with Crippen LogP contribution in [-0.2, 0) is 6.54 Å². The smallest absolute Gasteiger partial charge is 0.259 e. The van der Waals surface area contributed by atoms with Crippen LogP contribution in [0.3, 0.4) is 0 Å². The van der Waals surface area contributed by atoms with E-state index in [0.717, 1.165) is 31.4 Å². The molecule has 34 heavy (non-hydrogen) atoms. The molecular weight excluding hydrogens is 428 g/mol. The fourth-order valence-corrected chi connectivity index (χ4v) is 4.77. The van der Waals surface area contributed by atoms with E-state index in [9.17, 15) is 9.90 Å². The van der Waals surface area contributed by atoms with Crippen LogP contribution in [-0.4, -0.2) is 69.7 Å². The number of likely N-dealkylation sites (N-methyl/N-ethyl adjacent to an activating group) is 1. The molecule has 1 amide bonds. The van der Waals surface area contributed by atoms with E-state index >= 15 is 0 Å². The molecule has 0 bridgehead atoms. The van der Waals surface area contributed by atoms with Gasteiger partial charge >= 0.3 is 0 Å². The molecule has 1 aliphatic carbocycles. The highest BCUT2D eigenvalue weighted by molar-refractivity contribution is 5.97. The van der Waals surface area contributed by atoms with Crippen molar-refractivity contribution in [3.8, 4) is 5.88 Å². The summed E-state index contributed by atoms with van der Waals surface area (Å²) < 4.78 is 6.44. The molecule has 3 heterocycles. The molecule has 0 aromatic carbocycles. The number of amides is 1. The van der Waals surface area contributed by atoms with Gasteiger partial charge in [0.1, 0.15) is 11.7 Å². The van der Waals surface area contributed by atoms with E-state index in [1.165, 1.54) is 17.6 Å². The third kappa shape index (κ3) is 5.65. The van der Waals surface area contributed by atoms with Gasteiger partial charge in [-0.2, -0.15) is 0 Å². The fraction of sp³-hybridized carbons (Fsp3) is 0.519. The molecule has 1 aliphatic heterocycles. The zero-order valence-electron chi connectivity index (χ0n) is 20.5. The SMILES string of the molecule is C[C@@H]1CN([C@H](C)CO)C(=O)c2cc(C3=CCCCC3)cnc2O[C@@H]1CN(C)Cc1ccncc1. The number of aliphatic hydroxyl groups is 1. The quantitative estimate of drug-likeness (QED) is 0.672. The number of pyridine rings is 2. The summed E-state index contributed by atoms with van der Waals surface area (Å²) >= 11 is 0. The van der Waals surface area contributed by atoms with Crippen molar-refractivity contribution in [3.63, 3.8) is 0 Å². The van der Waals surface area contributed by atoms with Crippen molar-refractivity contribution in [1.29, 1.82) is 0 Å². The van der Waals surface area contributed by atoms with E-state index in [4.69, 9.17) is 4.74 Å². The molecule has 182 valence electrons. The number of aromatic nitrogens is 2. The maximum atomic E-state index is 13.6. The minimum atomic E-state index is -0.284. The van der Waals surface area contributed by atoms with Crippen LogP contribution in [0.1, 0.15) is 61.0 Å². The lowest BCUT2D eigenvalue weighted by atomic mass is 9.93. The lowest BCUT2D eigenvalue weighted by molar-refractivity contribution is 0.0325. The van der Waals surface area contributed by atoms with Crippen LogP contribution in [0, 0.1) is 5.92 Å². The first-order valence-corrected chi connectivity index (χ1v) is 12.3. The first-order chi connectivity index (χ1) is 16.5. The van der Waals surface area contributed by atoms with Crippen molar-refractivity contribution >= 4 is 11.5 Å². The molecule has 7 heteroatoms. The average molecular weight is 465 g/mol. The molecule has 2 aromatic heterocycles. The maximum absolute atomic E-state index is 13.6. The highest BCUT2D eigenvalue weighted by Gasteiger charge is 2.34. The van der Waals surface area contributed by atoms with Gasteiger partial charge in [0.25, 0.3) is 5.91 Å². The van der Waals surface area contributed by atoms with Gasteiger partial charge in [-0.1, -0.05) is 13.0 Å². The predicted molar refractivity (Wildman–Crippen MR) is 132 cm³/mol. The Hall–Kier alpha value is -2.77. The predicted octanol–water partition coefficient (Wildman–Crippen LogP) is 3.79. The number of carbonyl (C=O) groups is 1. The van der Waals surface area contributed by atoms with E-state index in [2.05, 4.69) is 34.9 Å². The molecule has 0 radical (unpaired) electrons. The van der Waals surface area contributed by atoms with Gasteiger partial charge in [0.15, 0.2) is 0 Å². The molecule has 2 aliphatic rings. The molecule has 0 saturated carbocycles. The third-order valence-electron chi connectivity index (χ3n) is 6.88. The van der Waals surface area contributed by atoms with Gasteiger partial charge in [0.2, 0.25) is 5.88 Å². The molecule has 0 saturated heterocycles. The maximum Gasteiger partial charge on any atom is 0.259 e. The lowest BCUT2D eigenvalue weighted by Gasteiger charge is -2.37. The van der Waals surface area contributed by atoms with Gasteiger partial charge in [-0.05, 0) is 74.6 Å². The number of hydrogen-bond donors (Lipinski definition) is 1. The van der Waals surface area contributed by atoms with E-state index in [1.807, 2.05) is 31.3 Å². The molecule has 1 N–H and O–H groups in total. The molecular formula is C27H36N4O3. The van der Waals surface area contributed by atoms with E-state index in [-0.39, 0.29) is 30.6 Å². The van der Waals surface area contributed by atoms with E-state index in [0.29, 0.717) is 24.5 Å². The summed E-state index contributed by atoms with van der Waals surface area (Å²) in [7, 11) is 2.07. The second kappa shape index (κ2) is 11.1. The largest absolute Gasteiger partial charge is 0.472 e. The fourth-order valence-electron chi connectivity index (χ4n) is 4.77. The highest BCUT2D eigenvalue weighted by Crippen LogP contribution is 2.32. The summed E-state index contributed by atoms with van der Waals surface area (Å²) in [5.41, 5.74) is 3.91. The summed E-state index contributed by atoms with van der Waals surface area (Å²) in [6.45, 7) is 5.88. The van der Waals surface area contributed by atoms with Crippen LogP contribution in [0.4, 0.5) is 0 Å². The van der Waals surface area contributed by atoms with Crippen molar-refractivity contribution in [2.24, 2.45) is 5.92 Å². The molecule has 7 nitrogen and oxygen atoms in total. The number of fused-ring (bicyclic) bond motifs is 1. The van der Waals surface area contributed by atoms with Crippen molar-refractivity contribution < 1.29 is 14.6 Å². The topological polar surface area (TPSA) is 78.8 Å². The molecule has 4 rings (SSSR count). The van der Waals surface area contributed by atoms with Gasteiger partial charge in [0.05, 0.1) is 12.6 Å². The molecule has 2 aromatic rings. The Bertz CT molecular complexity index is 1010. The van der Waals surface area contributed by atoms with Crippen LogP contribution in [0.5, 0.6) is 5.88 Å². The minimum Gasteiger partial charge on any atom is -0.472 e. The Balaban J connectivity index is 1.63. The van der Waals surface area contributed by atoms with Crippen LogP contribution < -0.4 is 4.74 Å². The number of hydrogen-bond acceptors (Lipinski definition) is 6. The summed E-state index contributed by atoms with van der Waals surface area (Å²) in [6, 6.07) is 5.68. The highest BCUT2D eigenvalue weighted by atomic mass is 16.5. The van der Waals surface area contributed by atoms with E-state index in [1.54, 1.807) is 17.3 Å². The summed E-state index contributed by atoms with van der Waals surface area (Å²) in [4.78, 5) is 26.3. The second-order valence-corrected chi connectivity index (χ2v) is 9.73. The van der Waals surface area contributed by atoms with Crippen molar-refractivity contribution in [2.45, 2.75) is 58.2 Å². The number of rotatable bonds is 7. The number of ether oxygens (including phenoxy) is 1. The normalized spacial score (nSPS) is 21.9. The zero-order valence-corrected chi connectivity index (χ0v) is 20.5. The van der Waals surface area contributed by atoms with E-state index < -0.39 is 0 Å². The number of allylic oxidation sites excluding steroid dienone is 2. The standard InChI is InChI=1S/C27H36N4O3/c1-19-15-31(20(2)18-32)27(33)24-13-23(22-7-5-4-6-8-22)14-29-26(24)34-25(19)17-30(3)16-21-9-11-28-12-10-21/h7,9-14,19-20,25,32H,4-6,8,15-18H2,1-3H3/t19-,20-,25-/m1/s1. The molecule has 0 unspecified atom stereocenters. The van der Waals surface area contributed by atoms with Gasteiger partial charge in [-0.15, -0.1) is 0 Å². The number of carbonyl (C=O) groups excluding carboxylic acids is 1. The first-order valence-electron chi connectivity index (χ1n) is 12.3. The number of aliphatic hydroxyl groups excluding tert-OH is 1. The Morgan fingerprint density at radius 3 is 2.79 bits per heavy atom. The summed E-state index contributed by atoms with van der Waals surface area (Å²) in [6.07, 6.45) is 12.0. The van der Waals surface area contributed by atoms with Crippen LogP contribution >= 0.6 is 0 Å². The molecule has 0 spiro atoms. The summed E-state index contributed by atoms with van der Waals surface area (Å²) in [5, 5.41) is 9.87. The molecule has 0 fully saturated rings. The third-order valence-corrected chi connectivity index (χ3v) is 6.88. The van der Waals surface area contributed by atoms with Gasteiger partial charge in [-0.25, -0.2) is 4.98 Å². The van der Waals surface area contributed by atoms with Crippen molar-refractivity contribution in [2.75, 3.05) is 26.7 Å². The van der Waals surface area contributed by atoms with Gasteiger partial charge < -0.3 is 14.7 Å². The minimum absolute atomic E-state index is 0.0634. The monoisotopic (exact) mass is 464 g/mol. The van der Waals surface area contributed by atoms with Crippen molar-refractivity contribution in [3.05, 3.63) is 59.6 Å². The Morgan fingerprint density at radius 2 is 2.09 bits per heavy atom. The zero-order chi connectivity index (χ0) is 24.1. The Labute approximate surface area is 202 Å². The lowest BCUT2D eigenvalue weighted by Crippen LogP contribution is -2.49. The number of nitrogens with zero attached hydrogens (tertiary/aromatic N) is 4. The summed E-state index contributed by atoms with van der Waals surface area (Å²) in [5.74, 6) is 0.320. The van der Waals surface area contributed by atoms with Crippen LogP contribution in [0.2, 0.25) is 0 Å². The van der Waals surface area contributed by atoms with Crippen LogP contribution in [0.25, 0.3) is 5.57 Å². The Kier molecular flexibility index (Phi) is 7.95. The van der Waals surface area contributed by atoms with Gasteiger partial charge in [0, 0.05) is 44.1 Å².